The molecule has 0 amide bonds. The zero-order chi connectivity index (χ0) is 14.3. The first kappa shape index (κ1) is 15.4. The van der Waals surface area contributed by atoms with Gasteiger partial charge < -0.3 is 25.3 Å². The molecule has 1 unspecified atom stereocenters. The Morgan fingerprint density at radius 3 is 2.11 bits per heavy atom. The molecule has 0 saturated heterocycles. The highest BCUT2D eigenvalue weighted by atomic mass is 16.5. The van der Waals surface area contributed by atoms with E-state index in [9.17, 15) is 0 Å². The molecule has 0 aliphatic heterocycles. The summed E-state index contributed by atoms with van der Waals surface area (Å²) in [5.41, 5.74) is 6.88. The molecule has 108 valence electrons. The van der Waals surface area contributed by atoms with Gasteiger partial charge in [0.1, 0.15) is 0 Å². The van der Waals surface area contributed by atoms with Crippen LogP contribution in [-0.4, -0.2) is 27.5 Å². The number of nitrogens with two attached hydrogens (primary N) is 1. The van der Waals surface area contributed by atoms with Crippen molar-refractivity contribution in [2.75, 3.05) is 26.6 Å². The van der Waals surface area contributed by atoms with E-state index in [0.29, 0.717) is 17.2 Å². The highest BCUT2D eigenvalue weighted by Gasteiger charge is 2.14. The molecule has 5 nitrogen and oxygen atoms in total. The van der Waals surface area contributed by atoms with Crippen molar-refractivity contribution >= 4 is 5.69 Å². The monoisotopic (exact) mass is 268 g/mol. The summed E-state index contributed by atoms with van der Waals surface area (Å²) in [6.45, 7) is 2.14. The topological polar surface area (TPSA) is 65.7 Å². The third-order valence-corrected chi connectivity index (χ3v) is 2.89. The third kappa shape index (κ3) is 4.21. The van der Waals surface area contributed by atoms with Crippen molar-refractivity contribution in [3.8, 4) is 17.2 Å². The maximum absolute atomic E-state index is 6.02. The number of unbranched alkanes of at least 4 members (excludes halogenated alkanes) is 1. The predicted molar refractivity (Wildman–Crippen MR) is 77.2 cm³/mol. The first-order chi connectivity index (χ1) is 9.15. The first-order valence-electron chi connectivity index (χ1n) is 6.48. The number of ether oxygens (including phenoxy) is 3. The number of anilines is 1. The summed E-state index contributed by atoms with van der Waals surface area (Å²) in [5.74, 6) is 1.82. The maximum atomic E-state index is 6.02. The van der Waals surface area contributed by atoms with Crippen LogP contribution in [0.15, 0.2) is 12.1 Å². The Balaban J connectivity index is 2.90. The lowest BCUT2D eigenvalue weighted by Gasteiger charge is -2.18. The van der Waals surface area contributed by atoms with Crippen LogP contribution in [0.3, 0.4) is 0 Å². The molecular formula is C14H24N2O3. The van der Waals surface area contributed by atoms with E-state index in [-0.39, 0.29) is 6.17 Å². The number of nitrogens with one attached hydrogen (secondary N) is 1. The minimum Gasteiger partial charge on any atom is -0.493 e. The predicted octanol–water partition coefficient (Wildman–Crippen LogP) is 2.60. The van der Waals surface area contributed by atoms with Gasteiger partial charge in [0.05, 0.1) is 27.5 Å². The molecule has 19 heavy (non-hydrogen) atoms. The Labute approximate surface area is 115 Å². The second kappa shape index (κ2) is 7.74. The van der Waals surface area contributed by atoms with Crippen molar-refractivity contribution < 1.29 is 14.2 Å². The van der Waals surface area contributed by atoms with Gasteiger partial charge in [-0.1, -0.05) is 19.8 Å². The zero-order valence-electron chi connectivity index (χ0n) is 12.2. The van der Waals surface area contributed by atoms with Crippen molar-refractivity contribution in [1.82, 2.24) is 0 Å². The van der Waals surface area contributed by atoms with E-state index in [1.54, 1.807) is 21.3 Å². The lowest BCUT2D eigenvalue weighted by Crippen LogP contribution is -2.29. The Kier molecular flexibility index (Phi) is 6.29. The van der Waals surface area contributed by atoms with Crippen molar-refractivity contribution in [1.29, 1.82) is 0 Å². The number of rotatable bonds is 8. The van der Waals surface area contributed by atoms with E-state index >= 15 is 0 Å². The van der Waals surface area contributed by atoms with Gasteiger partial charge in [-0.15, -0.1) is 0 Å². The second-order valence-electron chi connectivity index (χ2n) is 4.31. The quantitative estimate of drug-likeness (QED) is 0.709. The minimum absolute atomic E-state index is 0.0808. The normalized spacial score (nSPS) is 11.8. The maximum Gasteiger partial charge on any atom is 0.203 e. The minimum atomic E-state index is -0.0808. The molecule has 0 saturated carbocycles. The van der Waals surface area contributed by atoms with Gasteiger partial charge in [-0.25, -0.2) is 0 Å². The molecule has 1 aromatic rings. The molecule has 0 aliphatic rings. The molecule has 0 aliphatic carbocycles. The average molecular weight is 268 g/mol. The van der Waals surface area contributed by atoms with Crippen LogP contribution in [0.5, 0.6) is 17.2 Å². The van der Waals surface area contributed by atoms with E-state index in [2.05, 4.69) is 12.2 Å². The van der Waals surface area contributed by atoms with Crippen LogP contribution in [0, 0.1) is 0 Å². The largest absolute Gasteiger partial charge is 0.493 e. The van der Waals surface area contributed by atoms with Crippen molar-refractivity contribution in [2.24, 2.45) is 5.73 Å². The highest BCUT2D eigenvalue weighted by molar-refractivity contribution is 5.62. The third-order valence-electron chi connectivity index (χ3n) is 2.89. The van der Waals surface area contributed by atoms with Gasteiger partial charge in [-0.05, 0) is 6.42 Å². The van der Waals surface area contributed by atoms with E-state index in [1.165, 1.54) is 0 Å². The molecule has 0 heterocycles. The van der Waals surface area contributed by atoms with Crippen LogP contribution in [0.1, 0.15) is 26.2 Å². The van der Waals surface area contributed by atoms with Gasteiger partial charge in [-0.2, -0.15) is 0 Å². The fourth-order valence-electron chi connectivity index (χ4n) is 1.87. The Bertz CT molecular complexity index is 371. The molecule has 0 bridgehead atoms. The number of hydrogen-bond donors (Lipinski definition) is 2. The van der Waals surface area contributed by atoms with E-state index in [0.717, 1.165) is 24.9 Å². The van der Waals surface area contributed by atoms with Crippen molar-refractivity contribution in [2.45, 2.75) is 32.4 Å². The van der Waals surface area contributed by atoms with Crippen LogP contribution in [0.2, 0.25) is 0 Å². The van der Waals surface area contributed by atoms with Gasteiger partial charge >= 0.3 is 0 Å². The van der Waals surface area contributed by atoms with Crippen LogP contribution < -0.4 is 25.3 Å². The molecule has 5 heteroatoms. The Morgan fingerprint density at radius 2 is 1.68 bits per heavy atom. The fraction of sp³-hybridized carbons (Fsp3) is 0.571. The Hall–Kier alpha value is -1.62. The summed E-state index contributed by atoms with van der Waals surface area (Å²) in [5, 5.41) is 3.24. The Morgan fingerprint density at radius 1 is 1.11 bits per heavy atom. The summed E-state index contributed by atoms with van der Waals surface area (Å²) < 4.78 is 15.9. The molecule has 1 rings (SSSR count). The van der Waals surface area contributed by atoms with Gasteiger partial charge in [-0.3, -0.25) is 0 Å². The molecule has 0 radical (unpaired) electrons. The molecule has 3 N–H and O–H groups in total. The van der Waals surface area contributed by atoms with Gasteiger partial charge in [0.15, 0.2) is 11.5 Å². The first-order valence-corrected chi connectivity index (χ1v) is 6.48. The number of benzene rings is 1. The SMILES string of the molecule is CCCCC(N)Nc1cc(OC)c(OC)c(OC)c1. The molecule has 1 aromatic carbocycles. The van der Waals surface area contributed by atoms with Crippen molar-refractivity contribution in [3.05, 3.63) is 12.1 Å². The van der Waals surface area contributed by atoms with Crippen LogP contribution in [0.25, 0.3) is 0 Å². The van der Waals surface area contributed by atoms with Crippen LogP contribution in [-0.2, 0) is 0 Å². The lowest BCUT2D eigenvalue weighted by molar-refractivity contribution is 0.324. The summed E-state index contributed by atoms with van der Waals surface area (Å²) in [4.78, 5) is 0. The highest BCUT2D eigenvalue weighted by Crippen LogP contribution is 2.40. The standard InChI is InChI=1S/C14H24N2O3/c1-5-6-7-13(15)16-10-8-11(17-2)14(19-4)12(9-10)18-3/h8-9,13,16H,5-7,15H2,1-4H3. The fourth-order valence-corrected chi connectivity index (χ4v) is 1.87. The second-order valence-corrected chi connectivity index (χ2v) is 4.31. The number of methoxy groups -OCH3 is 3. The summed E-state index contributed by atoms with van der Waals surface area (Å²) >= 11 is 0. The van der Waals surface area contributed by atoms with E-state index < -0.39 is 0 Å². The average Bonchev–Trinajstić information content (AvgIpc) is 2.43. The van der Waals surface area contributed by atoms with Gasteiger partial charge in [0.25, 0.3) is 0 Å². The van der Waals surface area contributed by atoms with Gasteiger partial charge in [0.2, 0.25) is 5.75 Å². The molecule has 0 aromatic heterocycles. The lowest BCUT2D eigenvalue weighted by atomic mass is 10.2. The number of hydrogen-bond acceptors (Lipinski definition) is 5. The van der Waals surface area contributed by atoms with E-state index in [4.69, 9.17) is 19.9 Å². The molecular weight excluding hydrogens is 244 g/mol. The van der Waals surface area contributed by atoms with E-state index in [1.807, 2.05) is 12.1 Å². The van der Waals surface area contributed by atoms with Crippen LogP contribution in [0.4, 0.5) is 5.69 Å². The smallest absolute Gasteiger partial charge is 0.203 e. The summed E-state index contributed by atoms with van der Waals surface area (Å²) in [6.07, 6.45) is 3.07. The van der Waals surface area contributed by atoms with Crippen LogP contribution >= 0.6 is 0 Å². The molecule has 0 fully saturated rings. The molecule has 0 spiro atoms. The summed E-state index contributed by atoms with van der Waals surface area (Å²) in [7, 11) is 4.77. The summed E-state index contributed by atoms with van der Waals surface area (Å²) in [6, 6.07) is 3.71. The van der Waals surface area contributed by atoms with Crippen molar-refractivity contribution in [3.63, 3.8) is 0 Å². The zero-order valence-corrected chi connectivity index (χ0v) is 12.2. The van der Waals surface area contributed by atoms with Gasteiger partial charge in [0, 0.05) is 17.8 Å². The molecule has 1 atom stereocenters.